The third-order valence-electron chi connectivity index (χ3n) is 5.78. The number of amides is 1. The molecular formula is C25H36N4O4. The number of nitrogens with one attached hydrogen (secondary N) is 1. The molecule has 1 aromatic heterocycles. The van der Waals surface area contributed by atoms with Crippen molar-refractivity contribution in [3.8, 4) is 0 Å². The van der Waals surface area contributed by atoms with Gasteiger partial charge in [-0.2, -0.15) is 0 Å². The normalized spacial score (nSPS) is 12.9. The molecule has 2 rings (SSSR count). The summed E-state index contributed by atoms with van der Waals surface area (Å²) in [6.07, 6.45) is 5.23. The van der Waals surface area contributed by atoms with Crippen molar-refractivity contribution in [2.45, 2.75) is 65.0 Å². The van der Waals surface area contributed by atoms with Crippen molar-refractivity contribution in [2.75, 3.05) is 13.2 Å². The number of benzene rings is 1. The minimum absolute atomic E-state index is 0.0260. The van der Waals surface area contributed by atoms with Gasteiger partial charge in [-0.15, -0.1) is 5.10 Å². The van der Waals surface area contributed by atoms with Gasteiger partial charge in [0.15, 0.2) is 5.78 Å². The third-order valence-corrected chi connectivity index (χ3v) is 5.78. The van der Waals surface area contributed by atoms with Crippen molar-refractivity contribution in [3.63, 3.8) is 0 Å². The van der Waals surface area contributed by atoms with Crippen LogP contribution in [0.15, 0.2) is 43.1 Å². The van der Waals surface area contributed by atoms with Crippen molar-refractivity contribution in [1.29, 1.82) is 0 Å². The van der Waals surface area contributed by atoms with Gasteiger partial charge in [-0.3, -0.25) is 4.79 Å². The van der Waals surface area contributed by atoms with Crippen LogP contribution in [0.5, 0.6) is 0 Å². The van der Waals surface area contributed by atoms with E-state index < -0.39 is 12.1 Å². The number of carbonyl (C=O) groups is 2. The number of ketones is 1. The molecule has 2 atom stereocenters. The second-order valence-corrected chi connectivity index (χ2v) is 8.60. The van der Waals surface area contributed by atoms with E-state index >= 15 is 0 Å². The molecule has 1 heterocycles. The fourth-order valence-electron chi connectivity index (χ4n) is 3.35. The first-order valence-electron chi connectivity index (χ1n) is 11.5. The number of aliphatic hydroxyl groups excluding tert-OH is 1. The Labute approximate surface area is 196 Å². The Bertz CT molecular complexity index is 892. The Morgan fingerprint density at radius 2 is 1.88 bits per heavy atom. The minimum Gasteiger partial charge on any atom is -0.445 e. The lowest BCUT2D eigenvalue weighted by atomic mass is 9.95. The number of hydrogen-bond donors (Lipinski definition) is 2. The van der Waals surface area contributed by atoms with Crippen LogP contribution in [0.1, 0.15) is 68.8 Å². The average Bonchev–Trinajstić information content (AvgIpc) is 3.29. The molecule has 180 valence electrons. The lowest BCUT2D eigenvalue weighted by Gasteiger charge is -2.17. The van der Waals surface area contributed by atoms with Crippen LogP contribution in [0.3, 0.4) is 0 Å². The summed E-state index contributed by atoms with van der Waals surface area (Å²) in [5.74, 6) is 0.714. The molecule has 0 radical (unpaired) electrons. The summed E-state index contributed by atoms with van der Waals surface area (Å²) in [6, 6.07) is 6.95. The number of hydrogen-bond acceptors (Lipinski definition) is 6. The highest BCUT2D eigenvalue weighted by atomic mass is 16.5. The Morgan fingerprint density at radius 1 is 1.18 bits per heavy atom. The SMILES string of the molecule is C=CCOC(=O)NCCCC[C@@H](C(=O)Cc1ccc(CO)cc1)n1cc([C@H](C)C(C)C)nn1. The number of nitrogens with zero attached hydrogens (tertiary/aromatic N) is 3. The number of unbranched alkanes of at least 4 members (excludes halogenated alkanes) is 1. The largest absolute Gasteiger partial charge is 0.445 e. The van der Waals surface area contributed by atoms with Crippen LogP contribution in [-0.2, 0) is 22.6 Å². The smallest absolute Gasteiger partial charge is 0.407 e. The Hall–Kier alpha value is -3.00. The monoisotopic (exact) mass is 456 g/mol. The van der Waals surface area contributed by atoms with E-state index in [4.69, 9.17) is 4.74 Å². The van der Waals surface area contributed by atoms with Crippen molar-refractivity contribution in [3.05, 3.63) is 59.9 Å². The summed E-state index contributed by atoms with van der Waals surface area (Å²) in [5.41, 5.74) is 2.58. The predicted octanol–water partition coefficient (Wildman–Crippen LogP) is 3.97. The van der Waals surface area contributed by atoms with Crippen LogP contribution >= 0.6 is 0 Å². The summed E-state index contributed by atoms with van der Waals surface area (Å²) >= 11 is 0. The molecule has 2 N–H and O–H groups in total. The third kappa shape index (κ3) is 8.46. The maximum atomic E-state index is 13.2. The highest BCUT2D eigenvalue weighted by Gasteiger charge is 2.23. The van der Waals surface area contributed by atoms with Gasteiger partial charge in [0.2, 0.25) is 0 Å². The van der Waals surface area contributed by atoms with Gasteiger partial charge in [-0.1, -0.05) is 62.9 Å². The molecule has 1 amide bonds. The van der Waals surface area contributed by atoms with Gasteiger partial charge >= 0.3 is 6.09 Å². The molecular weight excluding hydrogens is 420 g/mol. The lowest BCUT2D eigenvalue weighted by molar-refractivity contribution is -0.122. The number of aliphatic hydroxyl groups is 1. The summed E-state index contributed by atoms with van der Waals surface area (Å²) in [5, 5.41) is 20.5. The van der Waals surface area contributed by atoms with Gasteiger partial charge in [0.05, 0.1) is 12.3 Å². The molecule has 0 aliphatic carbocycles. The molecule has 8 heteroatoms. The molecule has 8 nitrogen and oxygen atoms in total. The quantitative estimate of drug-likeness (QED) is 0.329. The number of carbonyl (C=O) groups excluding carboxylic acids is 2. The van der Waals surface area contributed by atoms with E-state index in [2.05, 4.69) is 43.0 Å². The van der Waals surface area contributed by atoms with Crippen LogP contribution in [0, 0.1) is 5.92 Å². The number of Topliss-reactive ketones (excluding diaryl/α,β-unsaturated/α-hetero) is 1. The van der Waals surface area contributed by atoms with Crippen molar-refractivity contribution in [2.24, 2.45) is 5.92 Å². The fraction of sp³-hybridized carbons (Fsp3) is 0.520. The summed E-state index contributed by atoms with van der Waals surface area (Å²) in [6.45, 7) is 10.5. The standard InChI is InChI=1S/C25H36N4O4/c1-5-14-33-25(32)26-13-7-6-8-23(29-16-22(27-28-29)19(4)18(2)3)24(31)15-20-9-11-21(17-30)12-10-20/h5,9-12,16,18-19,23,30H,1,6-8,13-15,17H2,2-4H3,(H,26,32)/t19-,23+/m1/s1. The van der Waals surface area contributed by atoms with E-state index in [9.17, 15) is 14.7 Å². The molecule has 0 unspecified atom stereocenters. The maximum Gasteiger partial charge on any atom is 0.407 e. The summed E-state index contributed by atoms with van der Waals surface area (Å²) in [7, 11) is 0. The van der Waals surface area contributed by atoms with E-state index in [1.54, 1.807) is 4.68 Å². The van der Waals surface area contributed by atoms with E-state index in [0.29, 0.717) is 25.3 Å². The molecule has 0 bridgehead atoms. The molecule has 0 saturated heterocycles. The Kier molecular flexibility index (Phi) is 10.8. The number of aromatic nitrogens is 3. The summed E-state index contributed by atoms with van der Waals surface area (Å²) in [4.78, 5) is 24.8. The van der Waals surface area contributed by atoms with Gasteiger partial charge in [0.1, 0.15) is 12.6 Å². The Morgan fingerprint density at radius 3 is 2.52 bits per heavy atom. The van der Waals surface area contributed by atoms with E-state index in [1.807, 2.05) is 30.5 Å². The summed E-state index contributed by atoms with van der Waals surface area (Å²) < 4.78 is 6.58. The lowest BCUT2D eigenvalue weighted by Crippen LogP contribution is -2.26. The van der Waals surface area contributed by atoms with Gasteiger partial charge < -0.3 is 15.2 Å². The van der Waals surface area contributed by atoms with E-state index in [0.717, 1.165) is 23.2 Å². The van der Waals surface area contributed by atoms with Crippen LogP contribution < -0.4 is 5.32 Å². The molecule has 0 aliphatic heterocycles. The molecule has 33 heavy (non-hydrogen) atoms. The highest BCUT2D eigenvalue weighted by Crippen LogP contribution is 2.24. The second kappa shape index (κ2) is 13.5. The van der Waals surface area contributed by atoms with Crippen molar-refractivity contribution in [1.82, 2.24) is 20.3 Å². The molecule has 2 aromatic rings. The first kappa shape index (κ1) is 26.3. The van der Waals surface area contributed by atoms with Gasteiger partial charge in [-0.05, 0) is 36.3 Å². The second-order valence-electron chi connectivity index (χ2n) is 8.60. The molecule has 1 aromatic carbocycles. The van der Waals surface area contributed by atoms with Crippen LogP contribution in [0.4, 0.5) is 4.79 Å². The van der Waals surface area contributed by atoms with Gasteiger partial charge in [0.25, 0.3) is 0 Å². The van der Waals surface area contributed by atoms with Gasteiger partial charge in [-0.25, -0.2) is 9.48 Å². The Balaban J connectivity index is 2.03. The zero-order chi connectivity index (χ0) is 24.2. The van der Waals surface area contributed by atoms with Crippen LogP contribution in [0.2, 0.25) is 0 Å². The van der Waals surface area contributed by atoms with Crippen LogP contribution in [-0.4, -0.2) is 45.1 Å². The topological polar surface area (TPSA) is 106 Å². The minimum atomic E-state index is -0.475. The van der Waals surface area contributed by atoms with Crippen molar-refractivity contribution >= 4 is 11.9 Å². The van der Waals surface area contributed by atoms with E-state index in [-0.39, 0.29) is 31.3 Å². The highest BCUT2D eigenvalue weighted by molar-refractivity contribution is 5.84. The number of ether oxygens (including phenoxy) is 1. The average molecular weight is 457 g/mol. The van der Waals surface area contributed by atoms with Gasteiger partial charge in [0, 0.05) is 25.1 Å². The number of rotatable bonds is 14. The fourth-order valence-corrected chi connectivity index (χ4v) is 3.35. The predicted molar refractivity (Wildman–Crippen MR) is 127 cm³/mol. The zero-order valence-corrected chi connectivity index (χ0v) is 19.9. The molecule has 0 saturated carbocycles. The maximum absolute atomic E-state index is 13.2. The van der Waals surface area contributed by atoms with Crippen molar-refractivity contribution < 1.29 is 19.4 Å². The van der Waals surface area contributed by atoms with Crippen LogP contribution in [0.25, 0.3) is 0 Å². The number of alkyl carbamates (subject to hydrolysis) is 1. The molecule has 0 spiro atoms. The van der Waals surface area contributed by atoms with E-state index in [1.165, 1.54) is 6.08 Å². The first-order chi connectivity index (χ1) is 15.8. The molecule has 0 aliphatic rings. The first-order valence-corrected chi connectivity index (χ1v) is 11.5. The zero-order valence-electron chi connectivity index (χ0n) is 19.9. The molecule has 0 fully saturated rings.